The number of para-hydroxylation sites is 1. The quantitative estimate of drug-likeness (QED) is 0.668. The molecule has 0 fully saturated rings. The van der Waals surface area contributed by atoms with Crippen LogP contribution in [-0.4, -0.2) is 28.8 Å². The van der Waals surface area contributed by atoms with Crippen LogP contribution in [0.25, 0.3) is 11.3 Å². The molecule has 0 atom stereocenters. The van der Waals surface area contributed by atoms with Crippen molar-refractivity contribution in [1.82, 2.24) is 15.3 Å². The lowest BCUT2D eigenvalue weighted by Gasteiger charge is -2.10. The van der Waals surface area contributed by atoms with Crippen molar-refractivity contribution < 1.29 is 9.59 Å². The third-order valence-corrected chi connectivity index (χ3v) is 4.30. The highest BCUT2D eigenvalue weighted by atomic mass is 16.2. The van der Waals surface area contributed by atoms with E-state index in [1.807, 2.05) is 24.3 Å². The average molecular weight is 359 g/mol. The van der Waals surface area contributed by atoms with Crippen molar-refractivity contribution >= 4 is 29.1 Å². The number of aromatic nitrogens is 2. The molecule has 2 heterocycles. The summed E-state index contributed by atoms with van der Waals surface area (Å²) in [6.45, 7) is 0. The van der Waals surface area contributed by atoms with Crippen molar-refractivity contribution in [2.45, 2.75) is 6.42 Å². The first-order valence-electron chi connectivity index (χ1n) is 8.48. The van der Waals surface area contributed by atoms with Gasteiger partial charge < -0.3 is 16.0 Å². The molecule has 3 aromatic rings. The second-order valence-electron chi connectivity index (χ2n) is 6.12. The zero-order chi connectivity index (χ0) is 18.8. The second kappa shape index (κ2) is 6.87. The molecule has 4 rings (SSSR count). The number of benzene rings is 2. The minimum Gasteiger partial charge on any atom is -0.355 e. The Morgan fingerprint density at radius 3 is 2.67 bits per heavy atom. The van der Waals surface area contributed by atoms with E-state index in [1.54, 1.807) is 37.5 Å². The van der Waals surface area contributed by atoms with Crippen LogP contribution in [-0.2, 0) is 11.2 Å². The second-order valence-corrected chi connectivity index (χ2v) is 6.12. The molecule has 0 saturated carbocycles. The van der Waals surface area contributed by atoms with Gasteiger partial charge in [0.25, 0.3) is 5.91 Å². The standard InChI is InChI=1S/C20H17N5O2/c1-21-19(27)12-6-8-14(9-7-12)23-20-22-11-13-10-17(26)24-16-5-3-2-4-15(16)18(13)25-20/h2-9,11H,10H2,1H3,(H,21,27)(H,24,26)(H,22,23,25). The lowest BCUT2D eigenvalue weighted by atomic mass is 10.1. The van der Waals surface area contributed by atoms with Gasteiger partial charge in [-0.05, 0) is 30.3 Å². The molecule has 0 aliphatic carbocycles. The molecule has 134 valence electrons. The van der Waals surface area contributed by atoms with Gasteiger partial charge >= 0.3 is 0 Å². The van der Waals surface area contributed by atoms with E-state index < -0.39 is 0 Å². The van der Waals surface area contributed by atoms with E-state index in [0.29, 0.717) is 11.5 Å². The predicted molar refractivity (Wildman–Crippen MR) is 103 cm³/mol. The van der Waals surface area contributed by atoms with Crippen LogP contribution in [0.2, 0.25) is 0 Å². The molecule has 27 heavy (non-hydrogen) atoms. The van der Waals surface area contributed by atoms with Crippen molar-refractivity contribution in [3.63, 3.8) is 0 Å². The summed E-state index contributed by atoms with van der Waals surface area (Å²) in [5.41, 5.74) is 4.43. The molecular weight excluding hydrogens is 342 g/mol. The van der Waals surface area contributed by atoms with Crippen LogP contribution in [0, 0.1) is 0 Å². The molecule has 7 heteroatoms. The van der Waals surface area contributed by atoms with E-state index in [2.05, 4.69) is 25.9 Å². The van der Waals surface area contributed by atoms with E-state index in [0.717, 1.165) is 28.2 Å². The van der Waals surface area contributed by atoms with Gasteiger partial charge in [0.05, 0.1) is 17.8 Å². The number of carbonyl (C=O) groups excluding carboxylic acids is 2. The number of anilines is 3. The number of hydrogen-bond acceptors (Lipinski definition) is 5. The number of hydrogen-bond donors (Lipinski definition) is 3. The van der Waals surface area contributed by atoms with Crippen LogP contribution in [0.5, 0.6) is 0 Å². The summed E-state index contributed by atoms with van der Waals surface area (Å²) in [6.07, 6.45) is 1.90. The molecule has 7 nitrogen and oxygen atoms in total. The lowest BCUT2D eigenvalue weighted by Crippen LogP contribution is -2.17. The summed E-state index contributed by atoms with van der Waals surface area (Å²) in [5, 5.41) is 8.62. The Morgan fingerprint density at radius 2 is 1.89 bits per heavy atom. The molecule has 0 spiro atoms. The van der Waals surface area contributed by atoms with Gasteiger partial charge in [-0.3, -0.25) is 9.59 Å². The Hall–Kier alpha value is -3.74. The van der Waals surface area contributed by atoms with Gasteiger partial charge in [0, 0.05) is 35.6 Å². The zero-order valence-corrected chi connectivity index (χ0v) is 14.6. The molecule has 1 aliphatic rings. The molecule has 0 bridgehead atoms. The molecule has 2 aromatic carbocycles. The zero-order valence-electron chi connectivity index (χ0n) is 14.6. The fourth-order valence-electron chi connectivity index (χ4n) is 2.97. The Labute approximate surface area is 155 Å². The number of nitrogens with one attached hydrogen (secondary N) is 3. The minimum atomic E-state index is -0.142. The Balaban J connectivity index is 1.67. The monoisotopic (exact) mass is 359 g/mol. The van der Waals surface area contributed by atoms with E-state index >= 15 is 0 Å². The molecule has 2 amide bonds. The highest BCUT2D eigenvalue weighted by Crippen LogP contribution is 2.32. The van der Waals surface area contributed by atoms with Gasteiger partial charge in [0.2, 0.25) is 11.9 Å². The summed E-state index contributed by atoms with van der Waals surface area (Å²) >= 11 is 0. The number of fused-ring (bicyclic) bond motifs is 3. The fourth-order valence-corrected chi connectivity index (χ4v) is 2.97. The van der Waals surface area contributed by atoms with Crippen LogP contribution < -0.4 is 16.0 Å². The maximum Gasteiger partial charge on any atom is 0.251 e. The van der Waals surface area contributed by atoms with Crippen molar-refractivity contribution in [3.8, 4) is 11.3 Å². The summed E-state index contributed by atoms with van der Waals surface area (Å²) < 4.78 is 0. The summed E-state index contributed by atoms with van der Waals surface area (Å²) in [4.78, 5) is 32.7. The van der Waals surface area contributed by atoms with Crippen LogP contribution in [0.4, 0.5) is 17.3 Å². The SMILES string of the molecule is CNC(=O)c1ccc(Nc2ncc3c(n2)-c2ccccc2NC(=O)C3)cc1. The van der Waals surface area contributed by atoms with E-state index in [-0.39, 0.29) is 18.2 Å². The topological polar surface area (TPSA) is 96.0 Å². The van der Waals surface area contributed by atoms with E-state index in [9.17, 15) is 9.59 Å². The average Bonchev–Trinajstić information content (AvgIpc) is 2.83. The maximum atomic E-state index is 12.1. The van der Waals surface area contributed by atoms with Crippen molar-refractivity contribution in [2.24, 2.45) is 0 Å². The largest absolute Gasteiger partial charge is 0.355 e. The van der Waals surface area contributed by atoms with Crippen LogP contribution in [0.15, 0.2) is 54.7 Å². The molecule has 0 unspecified atom stereocenters. The normalized spacial score (nSPS) is 12.3. The number of carbonyl (C=O) groups is 2. The van der Waals surface area contributed by atoms with Crippen LogP contribution in [0.1, 0.15) is 15.9 Å². The molecule has 0 radical (unpaired) electrons. The molecule has 0 saturated heterocycles. The van der Waals surface area contributed by atoms with Gasteiger partial charge in [-0.25, -0.2) is 9.97 Å². The van der Waals surface area contributed by atoms with E-state index in [1.165, 1.54) is 0 Å². The first kappa shape index (κ1) is 16.7. The van der Waals surface area contributed by atoms with Gasteiger partial charge in [-0.2, -0.15) is 0 Å². The number of nitrogens with zero attached hydrogens (tertiary/aromatic N) is 2. The summed E-state index contributed by atoms with van der Waals surface area (Å²) in [6, 6.07) is 14.6. The Morgan fingerprint density at radius 1 is 1.11 bits per heavy atom. The van der Waals surface area contributed by atoms with Crippen molar-refractivity contribution in [2.75, 3.05) is 17.7 Å². The van der Waals surface area contributed by atoms with Crippen LogP contribution >= 0.6 is 0 Å². The highest BCUT2D eigenvalue weighted by molar-refractivity contribution is 6.00. The summed E-state index contributed by atoms with van der Waals surface area (Å²) in [7, 11) is 1.59. The highest BCUT2D eigenvalue weighted by Gasteiger charge is 2.20. The Kier molecular flexibility index (Phi) is 4.25. The smallest absolute Gasteiger partial charge is 0.251 e. The molecular formula is C20H17N5O2. The van der Waals surface area contributed by atoms with E-state index in [4.69, 9.17) is 0 Å². The van der Waals surface area contributed by atoms with Crippen molar-refractivity contribution in [1.29, 1.82) is 0 Å². The van der Waals surface area contributed by atoms with Gasteiger partial charge in [0.1, 0.15) is 0 Å². The van der Waals surface area contributed by atoms with Crippen molar-refractivity contribution in [3.05, 3.63) is 65.9 Å². The fraction of sp³-hybridized carbons (Fsp3) is 0.100. The maximum absolute atomic E-state index is 12.1. The predicted octanol–water partition coefficient (Wildman–Crippen LogP) is 2.74. The van der Waals surface area contributed by atoms with Gasteiger partial charge in [-0.15, -0.1) is 0 Å². The summed E-state index contributed by atoms with van der Waals surface area (Å²) in [5.74, 6) is 0.192. The first-order valence-corrected chi connectivity index (χ1v) is 8.48. The third-order valence-electron chi connectivity index (χ3n) is 4.30. The lowest BCUT2D eigenvalue weighted by molar-refractivity contribution is -0.115. The Bertz CT molecular complexity index is 1030. The molecule has 3 N–H and O–H groups in total. The minimum absolute atomic E-state index is 0.0877. The first-order chi connectivity index (χ1) is 13.1. The number of rotatable bonds is 3. The number of amides is 2. The third kappa shape index (κ3) is 3.35. The van der Waals surface area contributed by atoms with Gasteiger partial charge in [-0.1, -0.05) is 18.2 Å². The van der Waals surface area contributed by atoms with Gasteiger partial charge in [0.15, 0.2) is 0 Å². The van der Waals surface area contributed by atoms with Crippen LogP contribution in [0.3, 0.4) is 0 Å². The molecule has 1 aliphatic heterocycles. The molecule has 1 aromatic heterocycles.